The summed E-state index contributed by atoms with van der Waals surface area (Å²) in [5.41, 5.74) is 7.56. The quantitative estimate of drug-likeness (QED) is 0.598. The smallest absolute Gasteiger partial charge is 0.232 e. The number of benzene rings is 1. The van der Waals surface area contributed by atoms with E-state index >= 15 is 0 Å². The number of hydrogen-bond acceptors (Lipinski definition) is 6. The molecular formula is C17H16N4O3. The Morgan fingerprint density at radius 1 is 1.29 bits per heavy atom. The number of ether oxygens (including phenoxy) is 1. The molecule has 24 heavy (non-hydrogen) atoms. The van der Waals surface area contributed by atoms with E-state index in [9.17, 15) is 5.11 Å². The van der Waals surface area contributed by atoms with Crippen LogP contribution in [0.3, 0.4) is 0 Å². The molecule has 1 atom stereocenters. The molecule has 7 nitrogen and oxygen atoms in total. The van der Waals surface area contributed by atoms with Gasteiger partial charge in [-0.15, -0.1) is 5.10 Å². The van der Waals surface area contributed by atoms with Crippen LogP contribution in [0.5, 0.6) is 11.6 Å². The molecule has 0 saturated heterocycles. The third kappa shape index (κ3) is 2.44. The third-order valence-electron chi connectivity index (χ3n) is 3.75. The molecule has 122 valence electrons. The number of phenols is 1. The van der Waals surface area contributed by atoms with Gasteiger partial charge in [0, 0.05) is 24.1 Å². The number of imidazole rings is 1. The number of aromatic hydroxyl groups is 1. The number of fused-ring (bicyclic) bond motifs is 2. The standard InChI is InChI=1S/C17H16N4O3/c1-10(8-18)23-17-5-4-16-19-9-13(21(16)20-17)15-6-11-2-3-12(22)7-14(11)24-15/h2-7,9-10,22H,8,18H2,1H3. The van der Waals surface area contributed by atoms with E-state index < -0.39 is 0 Å². The van der Waals surface area contributed by atoms with Crippen molar-refractivity contribution in [1.82, 2.24) is 14.6 Å². The lowest BCUT2D eigenvalue weighted by Gasteiger charge is -2.11. The number of aromatic nitrogens is 3. The van der Waals surface area contributed by atoms with Crippen LogP contribution in [0.15, 0.2) is 47.0 Å². The molecule has 4 rings (SSSR count). The maximum atomic E-state index is 9.57. The summed E-state index contributed by atoms with van der Waals surface area (Å²) in [6.07, 6.45) is 1.56. The van der Waals surface area contributed by atoms with Crippen LogP contribution >= 0.6 is 0 Å². The number of hydrogen-bond donors (Lipinski definition) is 2. The van der Waals surface area contributed by atoms with Crippen LogP contribution in [0.25, 0.3) is 28.1 Å². The van der Waals surface area contributed by atoms with Crippen LogP contribution in [-0.4, -0.2) is 32.4 Å². The van der Waals surface area contributed by atoms with Crippen molar-refractivity contribution < 1.29 is 14.3 Å². The van der Waals surface area contributed by atoms with Crippen LogP contribution in [0.1, 0.15) is 6.92 Å². The Bertz CT molecular complexity index is 1020. The number of furan rings is 1. The molecule has 7 heteroatoms. The van der Waals surface area contributed by atoms with E-state index in [0.717, 1.165) is 5.39 Å². The highest BCUT2D eigenvalue weighted by Crippen LogP contribution is 2.30. The first-order valence-electron chi connectivity index (χ1n) is 7.58. The molecule has 0 amide bonds. The van der Waals surface area contributed by atoms with Gasteiger partial charge in [-0.05, 0) is 31.2 Å². The molecule has 1 aromatic carbocycles. The van der Waals surface area contributed by atoms with Gasteiger partial charge in [-0.25, -0.2) is 9.50 Å². The molecular weight excluding hydrogens is 308 g/mol. The topological polar surface area (TPSA) is 98.8 Å². The zero-order chi connectivity index (χ0) is 16.7. The van der Waals surface area contributed by atoms with Gasteiger partial charge in [0.2, 0.25) is 5.88 Å². The second kappa shape index (κ2) is 5.54. The Hall–Kier alpha value is -3.06. The summed E-state index contributed by atoms with van der Waals surface area (Å²) in [5, 5.41) is 14.9. The summed E-state index contributed by atoms with van der Waals surface area (Å²) in [5.74, 6) is 1.24. The van der Waals surface area contributed by atoms with Crippen molar-refractivity contribution in [3.8, 4) is 23.1 Å². The monoisotopic (exact) mass is 324 g/mol. The fourth-order valence-corrected chi connectivity index (χ4v) is 2.49. The molecule has 0 fully saturated rings. The fourth-order valence-electron chi connectivity index (χ4n) is 2.49. The van der Waals surface area contributed by atoms with Gasteiger partial charge in [0.15, 0.2) is 11.4 Å². The summed E-state index contributed by atoms with van der Waals surface area (Å²) in [4.78, 5) is 4.33. The second-order valence-electron chi connectivity index (χ2n) is 5.58. The van der Waals surface area contributed by atoms with Gasteiger partial charge in [0.05, 0.1) is 6.20 Å². The van der Waals surface area contributed by atoms with Crippen LogP contribution in [0.4, 0.5) is 0 Å². The predicted molar refractivity (Wildman–Crippen MR) is 89.0 cm³/mol. The molecule has 3 N–H and O–H groups in total. The largest absolute Gasteiger partial charge is 0.508 e. The van der Waals surface area contributed by atoms with Crippen molar-refractivity contribution in [2.45, 2.75) is 13.0 Å². The van der Waals surface area contributed by atoms with Crippen LogP contribution in [-0.2, 0) is 0 Å². The Kier molecular flexibility index (Phi) is 3.35. The molecule has 4 aromatic rings. The summed E-state index contributed by atoms with van der Waals surface area (Å²) in [7, 11) is 0. The van der Waals surface area contributed by atoms with E-state index in [0.29, 0.717) is 35.1 Å². The molecule has 0 aliphatic carbocycles. The lowest BCUT2D eigenvalue weighted by Crippen LogP contribution is -2.23. The molecule has 0 aliphatic rings. The Balaban J connectivity index is 1.81. The zero-order valence-corrected chi connectivity index (χ0v) is 13.0. The van der Waals surface area contributed by atoms with Gasteiger partial charge in [-0.1, -0.05) is 0 Å². The van der Waals surface area contributed by atoms with Crippen molar-refractivity contribution in [1.29, 1.82) is 0 Å². The molecule has 0 spiro atoms. The van der Waals surface area contributed by atoms with Crippen molar-refractivity contribution >= 4 is 16.6 Å². The maximum Gasteiger partial charge on any atom is 0.232 e. The number of nitrogens with zero attached hydrogens (tertiary/aromatic N) is 3. The minimum Gasteiger partial charge on any atom is -0.508 e. The van der Waals surface area contributed by atoms with E-state index in [2.05, 4.69) is 10.1 Å². The van der Waals surface area contributed by atoms with Crippen molar-refractivity contribution in [3.63, 3.8) is 0 Å². The van der Waals surface area contributed by atoms with Gasteiger partial charge in [0.25, 0.3) is 0 Å². The van der Waals surface area contributed by atoms with E-state index in [1.54, 1.807) is 35.0 Å². The summed E-state index contributed by atoms with van der Waals surface area (Å²) in [6.45, 7) is 2.29. The van der Waals surface area contributed by atoms with Gasteiger partial charge in [0.1, 0.15) is 23.1 Å². The minimum absolute atomic E-state index is 0.129. The highest BCUT2D eigenvalue weighted by atomic mass is 16.5. The number of nitrogens with two attached hydrogens (primary N) is 1. The number of phenolic OH excluding ortho intramolecular Hbond substituents is 1. The highest BCUT2D eigenvalue weighted by molar-refractivity contribution is 5.83. The van der Waals surface area contributed by atoms with Crippen molar-refractivity contribution in [2.75, 3.05) is 6.54 Å². The van der Waals surface area contributed by atoms with Crippen LogP contribution in [0.2, 0.25) is 0 Å². The van der Waals surface area contributed by atoms with E-state index in [1.807, 2.05) is 19.1 Å². The summed E-state index contributed by atoms with van der Waals surface area (Å²) < 4.78 is 13.1. The van der Waals surface area contributed by atoms with E-state index in [1.165, 1.54) is 0 Å². The normalized spacial score (nSPS) is 12.8. The Morgan fingerprint density at radius 3 is 3.00 bits per heavy atom. The second-order valence-corrected chi connectivity index (χ2v) is 5.58. The molecule has 0 aliphatic heterocycles. The third-order valence-corrected chi connectivity index (χ3v) is 3.75. The summed E-state index contributed by atoms with van der Waals surface area (Å²) >= 11 is 0. The van der Waals surface area contributed by atoms with Crippen LogP contribution in [0, 0.1) is 0 Å². The SMILES string of the molecule is CC(CN)Oc1ccc2ncc(-c3cc4ccc(O)cc4o3)n2n1. The lowest BCUT2D eigenvalue weighted by molar-refractivity contribution is 0.217. The molecule has 0 radical (unpaired) electrons. The van der Waals surface area contributed by atoms with Crippen LogP contribution < -0.4 is 10.5 Å². The lowest BCUT2D eigenvalue weighted by atomic mass is 10.2. The first kappa shape index (κ1) is 14.5. The Morgan fingerprint density at radius 2 is 2.17 bits per heavy atom. The molecule has 3 heterocycles. The Labute approximate surface area is 137 Å². The average Bonchev–Trinajstić information content (AvgIpc) is 3.17. The van der Waals surface area contributed by atoms with Gasteiger partial charge in [-0.2, -0.15) is 0 Å². The average molecular weight is 324 g/mol. The molecule has 3 aromatic heterocycles. The fraction of sp³-hybridized carbons (Fsp3) is 0.176. The minimum atomic E-state index is -0.129. The molecule has 0 saturated carbocycles. The zero-order valence-electron chi connectivity index (χ0n) is 13.0. The van der Waals surface area contributed by atoms with E-state index in [4.69, 9.17) is 14.9 Å². The van der Waals surface area contributed by atoms with E-state index in [-0.39, 0.29) is 11.9 Å². The highest BCUT2D eigenvalue weighted by Gasteiger charge is 2.14. The van der Waals surface area contributed by atoms with Crippen molar-refractivity contribution in [2.24, 2.45) is 5.73 Å². The van der Waals surface area contributed by atoms with Gasteiger partial charge >= 0.3 is 0 Å². The first-order valence-corrected chi connectivity index (χ1v) is 7.58. The van der Waals surface area contributed by atoms with Gasteiger partial charge in [-0.3, -0.25) is 0 Å². The molecule has 0 bridgehead atoms. The number of rotatable bonds is 4. The molecule has 1 unspecified atom stereocenters. The van der Waals surface area contributed by atoms with Crippen molar-refractivity contribution in [3.05, 3.63) is 42.6 Å². The first-order chi connectivity index (χ1) is 11.6. The maximum absolute atomic E-state index is 9.57. The summed E-state index contributed by atoms with van der Waals surface area (Å²) in [6, 6.07) is 10.5. The van der Waals surface area contributed by atoms with Gasteiger partial charge < -0.3 is 20.0 Å². The predicted octanol–water partition coefficient (Wildman–Crippen LogP) is 2.57.